The summed E-state index contributed by atoms with van der Waals surface area (Å²) in [4.78, 5) is 25.9. The lowest BCUT2D eigenvalue weighted by atomic mass is 10.0. The maximum absolute atomic E-state index is 13.0. The number of rotatable bonds is 6. The summed E-state index contributed by atoms with van der Waals surface area (Å²) in [6, 6.07) is 16.0. The number of nitrogens with zero attached hydrogens (tertiary/aromatic N) is 1. The predicted molar refractivity (Wildman–Crippen MR) is 115 cm³/mol. The van der Waals surface area contributed by atoms with Crippen LogP contribution >= 0.6 is 11.6 Å². The van der Waals surface area contributed by atoms with Crippen molar-refractivity contribution in [1.82, 2.24) is 4.57 Å². The van der Waals surface area contributed by atoms with Gasteiger partial charge in [0.1, 0.15) is 11.5 Å². The molecule has 1 aliphatic heterocycles. The Balaban J connectivity index is 1.58. The molecular formula is C23H21ClN2O4. The van der Waals surface area contributed by atoms with Crippen LogP contribution in [0.3, 0.4) is 0 Å². The van der Waals surface area contributed by atoms with E-state index in [1.54, 1.807) is 30.3 Å². The van der Waals surface area contributed by atoms with Crippen LogP contribution in [0.1, 0.15) is 34.1 Å². The van der Waals surface area contributed by atoms with E-state index in [9.17, 15) is 9.59 Å². The molecule has 1 N–H and O–H groups in total. The molecule has 0 aliphatic carbocycles. The molecule has 0 spiro atoms. The SMILES string of the molecule is COc1cc(NC(=O)C2CCn3c(C(=O)c4ccccc4)ccc32)c(OC)cc1Cl. The van der Waals surface area contributed by atoms with E-state index in [1.807, 2.05) is 28.8 Å². The summed E-state index contributed by atoms with van der Waals surface area (Å²) < 4.78 is 12.5. The van der Waals surface area contributed by atoms with Crippen molar-refractivity contribution < 1.29 is 19.1 Å². The highest BCUT2D eigenvalue weighted by Crippen LogP contribution is 2.38. The normalized spacial score (nSPS) is 14.8. The third-order valence-electron chi connectivity index (χ3n) is 5.33. The van der Waals surface area contributed by atoms with Gasteiger partial charge in [-0.2, -0.15) is 0 Å². The number of nitrogens with one attached hydrogen (secondary N) is 1. The molecule has 7 heteroatoms. The Kier molecular flexibility index (Phi) is 5.50. The Bertz CT molecular complexity index is 1110. The molecule has 6 nitrogen and oxygen atoms in total. The molecule has 0 saturated heterocycles. The molecule has 2 heterocycles. The monoisotopic (exact) mass is 424 g/mol. The van der Waals surface area contributed by atoms with Gasteiger partial charge in [0.15, 0.2) is 0 Å². The van der Waals surface area contributed by atoms with E-state index < -0.39 is 0 Å². The van der Waals surface area contributed by atoms with Gasteiger partial charge in [-0.15, -0.1) is 0 Å². The minimum atomic E-state index is -0.367. The lowest BCUT2D eigenvalue weighted by Crippen LogP contribution is -2.20. The molecule has 2 aromatic carbocycles. The fourth-order valence-electron chi connectivity index (χ4n) is 3.82. The number of methoxy groups -OCH3 is 2. The molecule has 0 bridgehead atoms. The van der Waals surface area contributed by atoms with Gasteiger partial charge in [0.2, 0.25) is 11.7 Å². The van der Waals surface area contributed by atoms with Gasteiger partial charge >= 0.3 is 0 Å². The number of hydrogen-bond donors (Lipinski definition) is 1. The third kappa shape index (κ3) is 3.55. The lowest BCUT2D eigenvalue weighted by Gasteiger charge is -2.15. The fourth-order valence-corrected chi connectivity index (χ4v) is 4.05. The zero-order valence-corrected chi connectivity index (χ0v) is 17.4. The molecule has 0 radical (unpaired) electrons. The number of carbonyl (C=O) groups excluding carboxylic acids is 2. The Morgan fingerprint density at radius 3 is 2.47 bits per heavy atom. The van der Waals surface area contributed by atoms with Crippen LogP contribution in [0, 0.1) is 0 Å². The van der Waals surface area contributed by atoms with Crippen LogP contribution in [0.2, 0.25) is 5.02 Å². The highest BCUT2D eigenvalue weighted by Gasteiger charge is 2.32. The van der Waals surface area contributed by atoms with E-state index in [-0.39, 0.29) is 17.6 Å². The van der Waals surface area contributed by atoms with E-state index in [0.29, 0.717) is 46.4 Å². The van der Waals surface area contributed by atoms with Crippen molar-refractivity contribution in [3.63, 3.8) is 0 Å². The number of ether oxygens (including phenoxy) is 2. The molecule has 0 saturated carbocycles. The minimum absolute atomic E-state index is 0.0491. The van der Waals surface area contributed by atoms with E-state index in [2.05, 4.69) is 5.32 Å². The topological polar surface area (TPSA) is 69.6 Å². The van der Waals surface area contributed by atoms with Gasteiger partial charge in [0.25, 0.3) is 0 Å². The Labute approximate surface area is 179 Å². The quantitative estimate of drug-likeness (QED) is 0.591. The van der Waals surface area contributed by atoms with E-state index in [4.69, 9.17) is 21.1 Å². The Hall–Kier alpha value is -3.25. The molecule has 3 aromatic rings. The Morgan fingerprint density at radius 1 is 1.03 bits per heavy atom. The molecule has 1 amide bonds. The molecule has 4 rings (SSSR count). The van der Waals surface area contributed by atoms with Gasteiger partial charge in [0, 0.05) is 29.9 Å². The molecule has 1 aliphatic rings. The van der Waals surface area contributed by atoms with Crippen LogP contribution in [-0.2, 0) is 11.3 Å². The third-order valence-corrected chi connectivity index (χ3v) is 5.63. The van der Waals surface area contributed by atoms with Gasteiger partial charge in [0.05, 0.1) is 36.5 Å². The number of fused-ring (bicyclic) bond motifs is 1. The molecule has 30 heavy (non-hydrogen) atoms. The van der Waals surface area contributed by atoms with Crippen molar-refractivity contribution >= 4 is 29.0 Å². The Morgan fingerprint density at radius 2 is 1.77 bits per heavy atom. The molecule has 1 unspecified atom stereocenters. The van der Waals surface area contributed by atoms with Crippen LogP contribution in [0.5, 0.6) is 11.5 Å². The minimum Gasteiger partial charge on any atom is -0.495 e. The molecule has 1 aromatic heterocycles. The zero-order chi connectivity index (χ0) is 21.3. The van der Waals surface area contributed by atoms with Gasteiger partial charge in [-0.1, -0.05) is 41.9 Å². The van der Waals surface area contributed by atoms with Crippen LogP contribution in [0.25, 0.3) is 0 Å². The summed E-state index contributed by atoms with van der Waals surface area (Å²) >= 11 is 6.14. The van der Waals surface area contributed by atoms with Crippen molar-refractivity contribution in [2.75, 3.05) is 19.5 Å². The fraction of sp³-hybridized carbons (Fsp3) is 0.217. The second-order valence-electron chi connectivity index (χ2n) is 7.01. The van der Waals surface area contributed by atoms with E-state index in [0.717, 1.165) is 5.69 Å². The van der Waals surface area contributed by atoms with Crippen LogP contribution in [0.4, 0.5) is 5.69 Å². The van der Waals surface area contributed by atoms with Crippen molar-refractivity contribution in [1.29, 1.82) is 0 Å². The van der Waals surface area contributed by atoms with Gasteiger partial charge in [-0.3, -0.25) is 9.59 Å². The van der Waals surface area contributed by atoms with E-state index >= 15 is 0 Å². The number of amides is 1. The number of carbonyl (C=O) groups is 2. The second-order valence-corrected chi connectivity index (χ2v) is 7.41. The highest BCUT2D eigenvalue weighted by molar-refractivity contribution is 6.32. The molecule has 1 atom stereocenters. The summed E-state index contributed by atoms with van der Waals surface area (Å²) in [5.41, 5.74) is 2.53. The standard InChI is InChI=1S/C23H21ClN2O4/c1-29-20-13-17(21(30-2)12-16(20)24)25-23(28)15-10-11-26-18(15)8-9-19(26)22(27)14-6-4-3-5-7-14/h3-9,12-13,15H,10-11H2,1-2H3,(H,25,28). The number of anilines is 1. The van der Waals surface area contributed by atoms with Crippen molar-refractivity contribution in [2.45, 2.75) is 18.9 Å². The highest BCUT2D eigenvalue weighted by atomic mass is 35.5. The number of aromatic nitrogens is 1. The largest absolute Gasteiger partial charge is 0.495 e. The number of ketones is 1. The van der Waals surface area contributed by atoms with Crippen molar-refractivity contribution in [3.8, 4) is 11.5 Å². The first-order chi connectivity index (χ1) is 14.5. The molecule has 0 fully saturated rings. The maximum Gasteiger partial charge on any atom is 0.233 e. The lowest BCUT2D eigenvalue weighted by molar-refractivity contribution is -0.117. The summed E-state index contributed by atoms with van der Waals surface area (Å²) in [7, 11) is 3.02. The smallest absolute Gasteiger partial charge is 0.233 e. The van der Waals surface area contributed by atoms with Gasteiger partial charge in [-0.25, -0.2) is 0 Å². The molecule has 154 valence electrons. The predicted octanol–water partition coefficient (Wildman–Crippen LogP) is 4.52. The van der Waals surface area contributed by atoms with Gasteiger partial charge < -0.3 is 19.4 Å². The first kappa shape index (κ1) is 20.0. The molecular weight excluding hydrogens is 404 g/mol. The number of hydrogen-bond acceptors (Lipinski definition) is 4. The zero-order valence-electron chi connectivity index (χ0n) is 16.6. The van der Waals surface area contributed by atoms with Crippen LogP contribution < -0.4 is 14.8 Å². The van der Waals surface area contributed by atoms with Crippen LogP contribution in [-0.4, -0.2) is 30.5 Å². The van der Waals surface area contributed by atoms with E-state index in [1.165, 1.54) is 14.2 Å². The average molecular weight is 425 g/mol. The first-order valence-corrected chi connectivity index (χ1v) is 9.93. The number of halogens is 1. The maximum atomic E-state index is 13.0. The number of benzene rings is 2. The van der Waals surface area contributed by atoms with Crippen LogP contribution in [0.15, 0.2) is 54.6 Å². The first-order valence-electron chi connectivity index (χ1n) is 9.55. The average Bonchev–Trinajstić information content (AvgIpc) is 3.37. The van der Waals surface area contributed by atoms with Crippen molar-refractivity contribution in [3.05, 3.63) is 76.6 Å². The summed E-state index contributed by atoms with van der Waals surface area (Å²) in [6.45, 7) is 0.607. The van der Waals surface area contributed by atoms with Crippen molar-refractivity contribution in [2.24, 2.45) is 0 Å². The summed E-state index contributed by atoms with van der Waals surface area (Å²) in [5, 5.41) is 3.31. The summed E-state index contributed by atoms with van der Waals surface area (Å²) in [5.74, 6) is 0.301. The summed E-state index contributed by atoms with van der Waals surface area (Å²) in [6.07, 6.45) is 0.615. The second kappa shape index (κ2) is 8.24. The van der Waals surface area contributed by atoms with Gasteiger partial charge in [-0.05, 0) is 18.6 Å².